The van der Waals surface area contributed by atoms with E-state index in [9.17, 15) is 55.9 Å². The molecule has 2 fully saturated rings. The molecule has 2 aliphatic rings. The molecular weight excluding hydrogens is 604 g/mol. The molecule has 10 N–H and O–H groups in total. The Morgan fingerprint density at radius 1 is 0.822 bits per heavy atom. The molecule has 11 atom stereocenters. The molecule has 0 bridgehead atoms. The lowest BCUT2D eigenvalue weighted by Gasteiger charge is -2.45. The largest absolute Gasteiger partial charge is 0.504 e. The lowest BCUT2D eigenvalue weighted by atomic mass is 9.97. The van der Waals surface area contributed by atoms with Gasteiger partial charge in [-0.15, -0.1) is 0 Å². The van der Waals surface area contributed by atoms with E-state index in [1.165, 1.54) is 37.3 Å². The molecule has 2 aromatic rings. The number of hydrogen-bond acceptors (Lipinski definition) is 16. The van der Waals surface area contributed by atoms with E-state index in [0.717, 1.165) is 18.2 Å². The second-order valence-corrected chi connectivity index (χ2v) is 10.6. The average molecular weight is 641 g/mol. The molecule has 45 heavy (non-hydrogen) atoms. The first-order valence-corrected chi connectivity index (χ1v) is 13.8. The number of ether oxygens (including phenoxy) is 5. The average Bonchev–Trinajstić information content (AvgIpc) is 3.01. The lowest BCUT2D eigenvalue weighted by Crippen LogP contribution is -2.64. The fourth-order valence-electron chi connectivity index (χ4n) is 4.67. The van der Waals surface area contributed by atoms with Crippen LogP contribution >= 0.6 is 0 Å². The Balaban J connectivity index is 1.47. The van der Waals surface area contributed by atoms with Gasteiger partial charge in [-0.2, -0.15) is 0 Å². The van der Waals surface area contributed by atoms with E-state index in [1.54, 1.807) is 0 Å². The Bertz CT molecular complexity index is 1340. The van der Waals surface area contributed by atoms with Crippen molar-refractivity contribution in [2.75, 3.05) is 13.2 Å². The number of aliphatic hydroxyl groups excluding tert-OH is 6. The molecule has 2 aliphatic heterocycles. The highest BCUT2D eigenvalue weighted by atomic mass is 16.7. The molecule has 0 amide bonds. The van der Waals surface area contributed by atoms with Crippen LogP contribution in [0, 0.1) is 0 Å². The molecule has 0 aromatic heterocycles. The molecule has 4 rings (SSSR count). The quantitative estimate of drug-likeness (QED) is 0.0802. The standard InChI is InChI=1S/C29H36O16/c1-12-22(36)24(38)25(39)29(43-12)45-27-23(37)20(11-41-21(35)7-3-13-2-5-15(30)17(32)8-13)44-28(26(27)40)42-10-19(34)14-4-6-16(31)18(33)9-14/h2-9,12,19-20,22-34,36-40H,10-11H2,1H3. The summed E-state index contributed by atoms with van der Waals surface area (Å²) >= 11 is 0. The highest BCUT2D eigenvalue weighted by Gasteiger charge is 2.50. The third-order valence-corrected chi connectivity index (χ3v) is 7.35. The maximum atomic E-state index is 12.4. The number of carbonyl (C=O) groups is 1. The van der Waals surface area contributed by atoms with Crippen molar-refractivity contribution in [1.82, 2.24) is 0 Å². The van der Waals surface area contributed by atoms with E-state index >= 15 is 0 Å². The second kappa shape index (κ2) is 14.7. The predicted octanol–water partition coefficient (Wildman–Crippen LogP) is -1.53. The minimum atomic E-state index is -1.80. The molecule has 11 unspecified atom stereocenters. The van der Waals surface area contributed by atoms with Gasteiger partial charge in [-0.1, -0.05) is 12.1 Å². The zero-order chi connectivity index (χ0) is 33.0. The van der Waals surface area contributed by atoms with Crippen molar-refractivity contribution in [1.29, 1.82) is 0 Å². The highest BCUT2D eigenvalue weighted by Crippen LogP contribution is 2.32. The van der Waals surface area contributed by atoms with E-state index in [2.05, 4.69) is 0 Å². The molecular formula is C29H36O16. The molecule has 0 aliphatic carbocycles. The van der Waals surface area contributed by atoms with E-state index in [1.807, 2.05) is 0 Å². The number of hydrogen-bond donors (Lipinski definition) is 10. The van der Waals surface area contributed by atoms with Crippen molar-refractivity contribution in [2.45, 2.75) is 74.4 Å². The Hall–Kier alpha value is -3.55. The first kappa shape index (κ1) is 34.3. The van der Waals surface area contributed by atoms with Crippen molar-refractivity contribution in [3.8, 4) is 23.0 Å². The van der Waals surface area contributed by atoms with Crippen LogP contribution in [0.3, 0.4) is 0 Å². The van der Waals surface area contributed by atoms with Gasteiger partial charge in [0.1, 0.15) is 55.4 Å². The number of rotatable bonds is 10. The molecule has 16 nitrogen and oxygen atoms in total. The summed E-state index contributed by atoms with van der Waals surface area (Å²) < 4.78 is 27.4. The fourth-order valence-corrected chi connectivity index (χ4v) is 4.67. The number of benzene rings is 2. The van der Waals surface area contributed by atoms with E-state index in [-0.39, 0.29) is 11.3 Å². The van der Waals surface area contributed by atoms with Crippen LogP contribution in [0.5, 0.6) is 23.0 Å². The van der Waals surface area contributed by atoms with Gasteiger partial charge in [-0.25, -0.2) is 4.79 Å². The van der Waals surface area contributed by atoms with Crippen molar-refractivity contribution >= 4 is 12.0 Å². The first-order valence-electron chi connectivity index (χ1n) is 13.8. The number of phenols is 4. The van der Waals surface area contributed by atoms with Crippen LogP contribution < -0.4 is 0 Å². The van der Waals surface area contributed by atoms with Crippen LogP contribution in [-0.4, -0.2) is 132 Å². The molecule has 0 radical (unpaired) electrons. The predicted molar refractivity (Wildman–Crippen MR) is 148 cm³/mol. The Labute approximate surface area is 256 Å². The van der Waals surface area contributed by atoms with Crippen molar-refractivity contribution in [3.63, 3.8) is 0 Å². The third-order valence-electron chi connectivity index (χ3n) is 7.35. The van der Waals surface area contributed by atoms with E-state index < -0.39 is 104 Å². The van der Waals surface area contributed by atoms with Gasteiger partial charge in [0.25, 0.3) is 0 Å². The van der Waals surface area contributed by atoms with Crippen molar-refractivity contribution < 1.29 is 79.5 Å². The van der Waals surface area contributed by atoms with Crippen LogP contribution in [0.15, 0.2) is 42.5 Å². The summed E-state index contributed by atoms with van der Waals surface area (Å²) in [7, 11) is 0. The summed E-state index contributed by atoms with van der Waals surface area (Å²) in [4.78, 5) is 12.4. The smallest absolute Gasteiger partial charge is 0.330 e. The summed E-state index contributed by atoms with van der Waals surface area (Å²) in [5.74, 6) is -2.58. The topological polar surface area (TPSA) is 266 Å². The normalized spacial score (nSPS) is 32.8. The van der Waals surface area contributed by atoms with Crippen LogP contribution in [0.4, 0.5) is 0 Å². The zero-order valence-corrected chi connectivity index (χ0v) is 23.8. The van der Waals surface area contributed by atoms with E-state index in [4.69, 9.17) is 23.7 Å². The number of aliphatic hydroxyl groups is 6. The van der Waals surface area contributed by atoms with Crippen LogP contribution in [0.1, 0.15) is 24.2 Å². The minimum absolute atomic E-state index is 0.142. The number of esters is 1. The van der Waals surface area contributed by atoms with Gasteiger partial charge < -0.3 is 74.7 Å². The van der Waals surface area contributed by atoms with E-state index in [0.29, 0.717) is 5.56 Å². The monoisotopic (exact) mass is 640 g/mol. The zero-order valence-electron chi connectivity index (χ0n) is 23.8. The van der Waals surface area contributed by atoms with Crippen molar-refractivity contribution in [3.05, 3.63) is 53.6 Å². The molecule has 16 heteroatoms. The third kappa shape index (κ3) is 8.19. The minimum Gasteiger partial charge on any atom is -0.504 e. The molecule has 0 saturated carbocycles. The summed E-state index contributed by atoms with van der Waals surface area (Å²) in [6.07, 6.45) is -14.9. The summed E-state index contributed by atoms with van der Waals surface area (Å²) in [6.45, 7) is 0.252. The number of phenolic OH excluding ortho intramolecular Hbond substituents is 4. The SMILES string of the molecule is CC1OC(OC2C(O)C(COC(=O)C=Cc3ccc(O)c(O)c3)OC(OCC(O)c3ccc(O)c(O)c3)C2O)C(O)C(O)C1O. The van der Waals surface area contributed by atoms with Gasteiger partial charge in [-0.05, 0) is 48.4 Å². The maximum Gasteiger partial charge on any atom is 0.330 e. The first-order chi connectivity index (χ1) is 21.3. The van der Waals surface area contributed by atoms with Crippen LogP contribution in [0.25, 0.3) is 6.08 Å². The van der Waals surface area contributed by atoms with Crippen LogP contribution in [-0.2, 0) is 28.5 Å². The second-order valence-electron chi connectivity index (χ2n) is 10.6. The maximum absolute atomic E-state index is 12.4. The van der Waals surface area contributed by atoms with Gasteiger partial charge in [-0.3, -0.25) is 0 Å². The Morgan fingerprint density at radius 2 is 1.49 bits per heavy atom. The lowest BCUT2D eigenvalue weighted by molar-refractivity contribution is -0.358. The summed E-state index contributed by atoms with van der Waals surface area (Å²) in [5.41, 5.74) is 0.497. The number of aromatic hydroxyl groups is 4. The molecule has 2 saturated heterocycles. The fraction of sp³-hybridized carbons (Fsp3) is 0.483. The number of carbonyl (C=O) groups excluding carboxylic acids is 1. The molecule has 0 spiro atoms. The Morgan fingerprint density at radius 3 is 2.16 bits per heavy atom. The summed E-state index contributed by atoms with van der Waals surface area (Å²) in [6, 6.07) is 7.39. The van der Waals surface area contributed by atoms with Gasteiger partial charge in [0, 0.05) is 6.08 Å². The molecule has 2 heterocycles. The Kier molecular flexibility index (Phi) is 11.2. The molecule has 248 valence electrons. The van der Waals surface area contributed by atoms with Gasteiger partial charge in [0.15, 0.2) is 35.6 Å². The summed E-state index contributed by atoms with van der Waals surface area (Å²) in [5, 5.41) is 101. The van der Waals surface area contributed by atoms with Crippen molar-refractivity contribution in [2.24, 2.45) is 0 Å². The molecule has 2 aromatic carbocycles. The van der Waals surface area contributed by atoms with Gasteiger partial charge in [0.05, 0.1) is 12.7 Å². The highest BCUT2D eigenvalue weighted by molar-refractivity contribution is 5.87. The van der Waals surface area contributed by atoms with Crippen LogP contribution in [0.2, 0.25) is 0 Å². The van der Waals surface area contributed by atoms with Gasteiger partial charge >= 0.3 is 5.97 Å². The van der Waals surface area contributed by atoms with Gasteiger partial charge in [0.2, 0.25) is 0 Å².